The fourth-order valence-electron chi connectivity index (χ4n) is 1.07. The summed E-state index contributed by atoms with van der Waals surface area (Å²) in [4.78, 5) is 11.2. The molecule has 0 aliphatic rings. The van der Waals surface area contributed by atoms with Crippen LogP contribution in [0.2, 0.25) is 14.8 Å². The van der Waals surface area contributed by atoms with Crippen molar-refractivity contribution in [3.63, 3.8) is 0 Å². The first-order chi connectivity index (χ1) is 6.54. The molecule has 1 aromatic heterocycles. The van der Waals surface area contributed by atoms with E-state index in [1.807, 2.05) is 6.07 Å². The first kappa shape index (κ1) is 11.8. The standard InChI is InChI=1S/C7H7FNO.3CH3.Sn/c8-3-6-10-7-1-4-9-5-2-7;;;;/h1-2,4H,3,6H2;3*1H3;. The fourth-order valence-corrected chi connectivity index (χ4v) is 4.03. The fraction of sp³-hybridized carbons (Fsp3) is 0.500. The summed E-state index contributed by atoms with van der Waals surface area (Å²) in [6, 6.07) is 3.72. The number of nitrogens with zero attached hydrogens (tertiary/aromatic N) is 1. The first-order valence-electron chi connectivity index (χ1n) is 4.69. The maximum atomic E-state index is 11.9. The number of pyridine rings is 1. The third kappa shape index (κ3) is 3.44. The van der Waals surface area contributed by atoms with Crippen LogP contribution in [0.4, 0.5) is 4.39 Å². The third-order valence-corrected chi connectivity index (χ3v) is 7.01. The summed E-state index contributed by atoms with van der Waals surface area (Å²) >= 11 is -2.10. The van der Waals surface area contributed by atoms with E-state index in [0.29, 0.717) is 0 Å². The van der Waals surface area contributed by atoms with Crippen LogP contribution in [0, 0.1) is 0 Å². The van der Waals surface area contributed by atoms with Gasteiger partial charge < -0.3 is 0 Å². The van der Waals surface area contributed by atoms with E-state index in [9.17, 15) is 4.39 Å². The van der Waals surface area contributed by atoms with Crippen molar-refractivity contribution in [2.24, 2.45) is 0 Å². The molecule has 1 heterocycles. The number of hydrogen-bond donors (Lipinski definition) is 0. The van der Waals surface area contributed by atoms with Crippen molar-refractivity contribution in [3.05, 3.63) is 18.3 Å². The average molecular weight is 304 g/mol. The summed E-state index contributed by atoms with van der Waals surface area (Å²) in [5.41, 5.74) is 0. The SMILES string of the molecule is [CH3][Sn]([CH3])([CH3])[c]1cc(OCCF)ccn1. The summed E-state index contributed by atoms with van der Waals surface area (Å²) in [5.74, 6) is 0.735. The summed E-state index contributed by atoms with van der Waals surface area (Å²) in [6.07, 6.45) is 1.74. The van der Waals surface area contributed by atoms with Crippen LogP contribution in [-0.2, 0) is 0 Å². The zero-order valence-electron chi connectivity index (χ0n) is 8.88. The predicted molar refractivity (Wildman–Crippen MR) is 58.7 cm³/mol. The molecule has 0 fully saturated rings. The summed E-state index contributed by atoms with van der Waals surface area (Å²) < 4.78 is 18.3. The topological polar surface area (TPSA) is 22.1 Å². The Bertz CT molecular complexity index is 298. The minimum atomic E-state index is -2.10. The van der Waals surface area contributed by atoms with Gasteiger partial charge in [-0.2, -0.15) is 0 Å². The van der Waals surface area contributed by atoms with Crippen LogP contribution in [-0.4, -0.2) is 36.6 Å². The van der Waals surface area contributed by atoms with E-state index >= 15 is 0 Å². The van der Waals surface area contributed by atoms with Gasteiger partial charge in [-0.3, -0.25) is 0 Å². The van der Waals surface area contributed by atoms with Gasteiger partial charge in [-0.15, -0.1) is 0 Å². The van der Waals surface area contributed by atoms with Crippen molar-refractivity contribution < 1.29 is 9.13 Å². The van der Waals surface area contributed by atoms with E-state index in [1.54, 1.807) is 12.3 Å². The van der Waals surface area contributed by atoms with E-state index in [4.69, 9.17) is 4.74 Å². The third-order valence-electron chi connectivity index (χ3n) is 1.85. The predicted octanol–water partition coefficient (Wildman–Crippen LogP) is 1.98. The molecular formula is C10H16FNOSn. The Morgan fingerprint density at radius 1 is 1.43 bits per heavy atom. The van der Waals surface area contributed by atoms with Gasteiger partial charge in [0.1, 0.15) is 0 Å². The maximum absolute atomic E-state index is 11.9. The number of hydrogen-bond acceptors (Lipinski definition) is 2. The summed E-state index contributed by atoms with van der Waals surface area (Å²) in [7, 11) is 0. The second kappa shape index (κ2) is 4.96. The van der Waals surface area contributed by atoms with Crippen molar-refractivity contribution in [3.8, 4) is 5.75 Å². The normalized spacial score (nSPS) is 11.4. The molecule has 0 saturated heterocycles. The van der Waals surface area contributed by atoms with E-state index in [0.717, 1.165) is 9.46 Å². The van der Waals surface area contributed by atoms with Gasteiger partial charge in [0.05, 0.1) is 0 Å². The van der Waals surface area contributed by atoms with Crippen LogP contribution >= 0.6 is 0 Å². The molecule has 0 aliphatic heterocycles. The quantitative estimate of drug-likeness (QED) is 0.794. The van der Waals surface area contributed by atoms with Crippen molar-refractivity contribution in [2.75, 3.05) is 13.3 Å². The Kier molecular flexibility index (Phi) is 4.16. The van der Waals surface area contributed by atoms with Crippen molar-refractivity contribution in [2.45, 2.75) is 14.8 Å². The zero-order chi connectivity index (χ0) is 10.6. The molecule has 1 rings (SSSR count). The van der Waals surface area contributed by atoms with Gasteiger partial charge in [-0.1, -0.05) is 0 Å². The van der Waals surface area contributed by atoms with Crippen molar-refractivity contribution >= 4 is 22.1 Å². The second-order valence-corrected chi connectivity index (χ2v) is 18.5. The molecule has 2 nitrogen and oxygen atoms in total. The molecule has 0 aromatic carbocycles. The molecule has 0 N–H and O–H groups in total. The van der Waals surface area contributed by atoms with E-state index < -0.39 is 25.1 Å². The zero-order valence-corrected chi connectivity index (χ0v) is 11.7. The van der Waals surface area contributed by atoms with Crippen LogP contribution < -0.4 is 8.45 Å². The van der Waals surface area contributed by atoms with E-state index in [-0.39, 0.29) is 6.61 Å². The molecule has 0 spiro atoms. The average Bonchev–Trinajstić information content (AvgIpc) is 2.14. The van der Waals surface area contributed by atoms with Gasteiger partial charge in [0.2, 0.25) is 0 Å². The molecule has 78 valence electrons. The Balaban J connectivity index is 2.79. The van der Waals surface area contributed by atoms with Crippen LogP contribution in [0.5, 0.6) is 5.75 Å². The Hall–Kier alpha value is -0.321. The Morgan fingerprint density at radius 3 is 2.71 bits per heavy atom. The second-order valence-electron chi connectivity index (χ2n) is 4.16. The van der Waals surface area contributed by atoms with Crippen molar-refractivity contribution in [1.82, 2.24) is 4.98 Å². The van der Waals surface area contributed by atoms with Gasteiger partial charge in [-0.25, -0.2) is 0 Å². The van der Waals surface area contributed by atoms with Crippen molar-refractivity contribution in [1.29, 1.82) is 0 Å². The number of halogens is 1. The molecule has 0 saturated carbocycles. The van der Waals surface area contributed by atoms with Crippen LogP contribution in [0.25, 0.3) is 0 Å². The molecule has 1 aromatic rings. The van der Waals surface area contributed by atoms with E-state index in [1.165, 1.54) is 0 Å². The van der Waals surface area contributed by atoms with Gasteiger partial charge >= 0.3 is 88.4 Å². The molecule has 14 heavy (non-hydrogen) atoms. The van der Waals surface area contributed by atoms with Gasteiger partial charge in [-0.05, 0) is 0 Å². The van der Waals surface area contributed by atoms with Gasteiger partial charge in [0, 0.05) is 0 Å². The number of rotatable bonds is 4. The summed E-state index contributed by atoms with van der Waals surface area (Å²) in [6.45, 7) is -0.320. The first-order valence-corrected chi connectivity index (χ1v) is 14.7. The Morgan fingerprint density at radius 2 is 2.14 bits per heavy atom. The number of alkyl halides is 1. The van der Waals surface area contributed by atoms with Gasteiger partial charge in [0.15, 0.2) is 0 Å². The van der Waals surface area contributed by atoms with Crippen LogP contribution in [0.1, 0.15) is 0 Å². The Labute approximate surface area is 88.4 Å². The molecule has 0 bridgehead atoms. The number of aromatic nitrogens is 1. The van der Waals surface area contributed by atoms with E-state index in [2.05, 4.69) is 19.8 Å². The molecule has 0 atom stereocenters. The molecule has 0 amide bonds. The van der Waals surface area contributed by atoms with Crippen LogP contribution in [0.3, 0.4) is 0 Å². The molecule has 0 aliphatic carbocycles. The van der Waals surface area contributed by atoms with Gasteiger partial charge in [0.25, 0.3) is 0 Å². The molecular weight excluding hydrogens is 288 g/mol. The molecule has 0 unspecified atom stereocenters. The number of ether oxygens (including phenoxy) is 1. The molecule has 0 radical (unpaired) electrons. The minimum absolute atomic E-state index is 0.128. The summed E-state index contributed by atoms with van der Waals surface area (Å²) in [5, 5.41) is 0. The molecule has 4 heteroatoms. The monoisotopic (exact) mass is 305 g/mol. The van der Waals surface area contributed by atoms with Crippen LogP contribution in [0.15, 0.2) is 18.3 Å².